The number of hydrogen-bond donors (Lipinski definition) is 2. The average molecular weight is 454 g/mol. The van der Waals surface area contributed by atoms with Crippen LogP contribution in [0, 0.1) is 5.92 Å². The number of carbonyl (C=O) groups is 2. The van der Waals surface area contributed by atoms with Crippen molar-refractivity contribution in [3.63, 3.8) is 0 Å². The summed E-state index contributed by atoms with van der Waals surface area (Å²) in [6.07, 6.45) is 11.3. The number of aliphatic hydroxyl groups excluding tert-OH is 1. The third-order valence-electron chi connectivity index (χ3n) is 5.88. The molecule has 32 heavy (non-hydrogen) atoms. The smallest absolute Gasteiger partial charge is 0.345 e. The van der Waals surface area contributed by atoms with E-state index in [1.165, 1.54) is 16.9 Å². The first-order chi connectivity index (χ1) is 15.4. The molecule has 1 amide bonds. The van der Waals surface area contributed by atoms with Gasteiger partial charge in [-0.2, -0.15) is 0 Å². The molecule has 2 heterocycles. The van der Waals surface area contributed by atoms with Crippen molar-refractivity contribution < 1.29 is 19.8 Å². The molecule has 6 heteroatoms. The number of carbonyl (C=O) groups excluding carboxylic acids is 1. The maximum Gasteiger partial charge on any atom is 0.345 e. The Hall–Kier alpha value is -2.70. The maximum absolute atomic E-state index is 12.3. The molecule has 1 fully saturated rings. The van der Waals surface area contributed by atoms with Crippen LogP contribution in [-0.4, -0.2) is 45.7 Å². The van der Waals surface area contributed by atoms with Crippen LogP contribution in [-0.2, 0) is 11.2 Å². The molecule has 0 unspecified atom stereocenters. The molecule has 170 valence electrons. The Morgan fingerprint density at radius 2 is 2.03 bits per heavy atom. The van der Waals surface area contributed by atoms with Crippen LogP contribution in [0.4, 0.5) is 0 Å². The van der Waals surface area contributed by atoms with E-state index in [-0.39, 0.29) is 17.9 Å². The number of nitrogens with zero attached hydrogens (tertiary/aromatic N) is 1. The highest BCUT2D eigenvalue weighted by Crippen LogP contribution is 2.22. The number of likely N-dealkylation sites (tertiary alicyclic amines) is 1. The molecule has 1 aliphatic rings. The van der Waals surface area contributed by atoms with Crippen molar-refractivity contribution in [3.8, 4) is 0 Å². The number of aliphatic hydroxyl groups is 1. The maximum atomic E-state index is 12.3. The van der Waals surface area contributed by atoms with E-state index in [0.717, 1.165) is 30.6 Å². The van der Waals surface area contributed by atoms with E-state index in [1.807, 2.05) is 47.4 Å². The second-order valence-corrected chi connectivity index (χ2v) is 9.41. The normalized spacial score (nSPS) is 18.6. The lowest BCUT2D eigenvalue weighted by atomic mass is 9.95. The van der Waals surface area contributed by atoms with Gasteiger partial charge in [-0.05, 0) is 55.4 Å². The second-order valence-electron chi connectivity index (χ2n) is 8.29. The molecule has 0 spiro atoms. The van der Waals surface area contributed by atoms with Crippen molar-refractivity contribution in [3.05, 3.63) is 76.0 Å². The molecule has 1 aromatic carbocycles. The summed E-state index contributed by atoms with van der Waals surface area (Å²) in [5.74, 6) is -0.669. The highest BCUT2D eigenvalue weighted by Gasteiger charge is 2.28. The minimum atomic E-state index is -0.928. The van der Waals surface area contributed by atoms with E-state index in [2.05, 4.69) is 19.1 Å². The number of hydrogen-bond acceptors (Lipinski definition) is 4. The fraction of sp³-hybridized carbons (Fsp3) is 0.385. The standard InChI is InChI=1S/C26H31NO4S/c1-19(7-5-10-20-8-3-2-4-9-20)23(28)15-12-21-13-17-25(29)27(21)18-6-11-22-14-16-24(32-22)26(30)31/h2-4,6,8-9,11-12,14-16,19,21,23,28H,5,7,10,13,17-18H2,1H3,(H,30,31)/b11-6?,15-12-/t19-,21-,23-/m0/s1. The quantitative estimate of drug-likeness (QED) is 0.468. The average Bonchev–Trinajstić information content (AvgIpc) is 3.40. The van der Waals surface area contributed by atoms with E-state index in [4.69, 9.17) is 5.11 Å². The molecular weight excluding hydrogens is 422 g/mol. The number of aromatic carboxylic acids is 1. The van der Waals surface area contributed by atoms with Gasteiger partial charge in [0.15, 0.2) is 0 Å². The Kier molecular flexibility index (Phi) is 8.82. The minimum Gasteiger partial charge on any atom is -0.477 e. The Morgan fingerprint density at radius 3 is 2.75 bits per heavy atom. The molecule has 0 radical (unpaired) electrons. The van der Waals surface area contributed by atoms with Crippen LogP contribution in [0.5, 0.6) is 0 Å². The van der Waals surface area contributed by atoms with Crippen LogP contribution in [0.15, 0.2) is 60.7 Å². The summed E-state index contributed by atoms with van der Waals surface area (Å²) in [5.41, 5.74) is 1.32. The molecule has 0 saturated carbocycles. The van der Waals surface area contributed by atoms with Crippen LogP contribution in [0.3, 0.4) is 0 Å². The van der Waals surface area contributed by atoms with Gasteiger partial charge < -0.3 is 15.1 Å². The largest absolute Gasteiger partial charge is 0.477 e. The monoisotopic (exact) mass is 453 g/mol. The van der Waals surface area contributed by atoms with Gasteiger partial charge >= 0.3 is 5.97 Å². The summed E-state index contributed by atoms with van der Waals surface area (Å²) in [7, 11) is 0. The van der Waals surface area contributed by atoms with Crippen molar-refractivity contribution in [2.45, 2.75) is 51.2 Å². The molecule has 0 aliphatic carbocycles. The second kappa shape index (κ2) is 11.8. The van der Waals surface area contributed by atoms with Crippen molar-refractivity contribution in [1.82, 2.24) is 4.90 Å². The first-order valence-electron chi connectivity index (χ1n) is 11.1. The molecular formula is C26H31NO4S. The summed E-state index contributed by atoms with van der Waals surface area (Å²) in [6, 6.07) is 13.7. The van der Waals surface area contributed by atoms with Gasteiger partial charge in [0.2, 0.25) is 5.91 Å². The number of carboxylic acid groups (broad SMARTS) is 1. The molecule has 1 saturated heterocycles. The molecule has 1 aliphatic heterocycles. The molecule has 3 atom stereocenters. The number of carboxylic acids is 1. The highest BCUT2D eigenvalue weighted by atomic mass is 32.1. The Morgan fingerprint density at radius 1 is 1.25 bits per heavy atom. The van der Waals surface area contributed by atoms with Gasteiger partial charge in [-0.1, -0.05) is 55.5 Å². The van der Waals surface area contributed by atoms with Crippen LogP contribution in [0.1, 0.15) is 52.7 Å². The number of amides is 1. The van der Waals surface area contributed by atoms with Gasteiger partial charge in [0.25, 0.3) is 0 Å². The van der Waals surface area contributed by atoms with Gasteiger partial charge in [-0.25, -0.2) is 4.79 Å². The topological polar surface area (TPSA) is 77.8 Å². The minimum absolute atomic E-state index is 0.0174. The molecule has 5 nitrogen and oxygen atoms in total. The van der Waals surface area contributed by atoms with Crippen LogP contribution >= 0.6 is 11.3 Å². The van der Waals surface area contributed by atoms with Gasteiger partial charge in [-0.15, -0.1) is 11.3 Å². The Labute approximate surface area is 193 Å². The first-order valence-corrected chi connectivity index (χ1v) is 11.9. The summed E-state index contributed by atoms with van der Waals surface area (Å²) in [6.45, 7) is 2.53. The third kappa shape index (κ3) is 6.90. The molecule has 3 rings (SSSR count). The van der Waals surface area contributed by atoms with Crippen LogP contribution in [0.25, 0.3) is 6.08 Å². The number of benzene rings is 1. The zero-order chi connectivity index (χ0) is 22.9. The van der Waals surface area contributed by atoms with Crippen molar-refractivity contribution >= 4 is 29.3 Å². The van der Waals surface area contributed by atoms with E-state index in [0.29, 0.717) is 17.8 Å². The molecule has 0 bridgehead atoms. The lowest BCUT2D eigenvalue weighted by molar-refractivity contribution is -0.127. The number of aryl methyl sites for hydroxylation is 1. The zero-order valence-electron chi connectivity index (χ0n) is 18.4. The lowest BCUT2D eigenvalue weighted by Gasteiger charge is -2.22. The van der Waals surface area contributed by atoms with Crippen molar-refractivity contribution in [1.29, 1.82) is 0 Å². The summed E-state index contributed by atoms with van der Waals surface area (Å²) < 4.78 is 0. The van der Waals surface area contributed by atoms with Gasteiger partial charge in [-0.3, -0.25) is 4.79 Å². The summed E-state index contributed by atoms with van der Waals surface area (Å²) in [5, 5.41) is 19.6. The molecule has 2 aromatic rings. The Bertz CT molecular complexity index is 950. The number of rotatable bonds is 11. The predicted molar refractivity (Wildman–Crippen MR) is 129 cm³/mol. The zero-order valence-corrected chi connectivity index (χ0v) is 19.2. The van der Waals surface area contributed by atoms with E-state index in [1.54, 1.807) is 12.1 Å². The Balaban J connectivity index is 1.47. The third-order valence-corrected chi connectivity index (χ3v) is 6.92. The first kappa shape index (κ1) is 24.0. The summed E-state index contributed by atoms with van der Waals surface area (Å²) >= 11 is 1.21. The van der Waals surface area contributed by atoms with Crippen LogP contribution in [0.2, 0.25) is 0 Å². The van der Waals surface area contributed by atoms with E-state index in [9.17, 15) is 14.7 Å². The predicted octanol–water partition coefficient (Wildman–Crippen LogP) is 5.03. The van der Waals surface area contributed by atoms with Gasteiger partial charge in [0, 0.05) is 17.8 Å². The van der Waals surface area contributed by atoms with Crippen molar-refractivity contribution in [2.24, 2.45) is 5.92 Å². The van der Waals surface area contributed by atoms with E-state index >= 15 is 0 Å². The van der Waals surface area contributed by atoms with Gasteiger partial charge in [0.1, 0.15) is 4.88 Å². The van der Waals surface area contributed by atoms with E-state index < -0.39 is 12.1 Å². The lowest BCUT2D eigenvalue weighted by Crippen LogP contribution is -2.32. The number of thiophene rings is 1. The summed E-state index contributed by atoms with van der Waals surface area (Å²) in [4.78, 5) is 26.2. The molecule has 1 aromatic heterocycles. The van der Waals surface area contributed by atoms with Gasteiger partial charge in [0.05, 0.1) is 12.1 Å². The highest BCUT2D eigenvalue weighted by molar-refractivity contribution is 7.14. The fourth-order valence-corrected chi connectivity index (χ4v) is 4.69. The SMILES string of the molecule is C[C@@H](CCCc1ccccc1)[C@@H](O)/C=C\[C@H]1CCC(=O)N1CC=Cc1ccc(C(=O)O)s1. The van der Waals surface area contributed by atoms with Crippen LogP contribution < -0.4 is 0 Å². The molecule has 2 N–H and O–H groups in total. The fourth-order valence-electron chi connectivity index (χ4n) is 3.91. The van der Waals surface area contributed by atoms with Crippen molar-refractivity contribution in [2.75, 3.05) is 6.54 Å².